The van der Waals surface area contributed by atoms with Crippen molar-refractivity contribution >= 4 is 11.9 Å². The molecule has 0 radical (unpaired) electrons. The fourth-order valence-electron chi connectivity index (χ4n) is 1.47. The van der Waals surface area contributed by atoms with Crippen LogP contribution in [0, 0.1) is 0 Å². The lowest BCUT2D eigenvalue weighted by Crippen LogP contribution is -2.60. The van der Waals surface area contributed by atoms with E-state index in [0.717, 1.165) is 12.0 Å². The predicted octanol–water partition coefficient (Wildman–Crippen LogP) is 0.384. The molecule has 0 bridgehead atoms. The SMILES string of the molecule is C=C1CCC1(NC(C)=O)C(=O)OC. The fraction of sp³-hybridized carbons (Fsp3) is 0.556. The minimum absolute atomic E-state index is 0.244. The molecule has 72 valence electrons. The van der Waals surface area contributed by atoms with Crippen molar-refractivity contribution in [2.24, 2.45) is 0 Å². The van der Waals surface area contributed by atoms with Gasteiger partial charge < -0.3 is 10.1 Å². The molecule has 4 heteroatoms. The highest BCUT2D eigenvalue weighted by Crippen LogP contribution is 2.37. The van der Waals surface area contributed by atoms with Crippen molar-refractivity contribution in [3.63, 3.8) is 0 Å². The first-order chi connectivity index (χ1) is 6.03. The molecule has 0 aromatic carbocycles. The summed E-state index contributed by atoms with van der Waals surface area (Å²) in [5.74, 6) is -0.676. The van der Waals surface area contributed by atoms with E-state index >= 15 is 0 Å². The molecular weight excluding hydrogens is 170 g/mol. The summed E-state index contributed by atoms with van der Waals surface area (Å²) >= 11 is 0. The van der Waals surface area contributed by atoms with Gasteiger partial charge in [0.2, 0.25) is 5.91 Å². The number of hydrogen-bond donors (Lipinski definition) is 1. The van der Waals surface area contributed by atoms with Crippen molar-refractivity contribution in [2.75, 3.05) is 7.11 Å². The molecular formula is C9H13NO3. The number of carbonyl (C=O) groups excluding carboxylic acids is 2. The van der Waals surface area contributed by atoms with Gasteiger partial charge >= 0.3 is 5.97 Å². The van der Waals surface area contributed by atoms with Crippen LogP contribution in [0.2, 0.25) is 0 Å². The first-order valence-electron chi connectivity index (χ1n) is 4.08. The smallest absolute Gasteiger partial charge is 0.335 e. The van der Waals surface area contributed by atoms with Gasteiger partial charge in [0, 0.05) is 6.92 Å². The second-order valence-electron chi connectivity index (χ2n) is 3.18. The summed E-state index contributed by atoms with van der Waals surface area (Å²) in [6.07, 6.45) is 1.34. The average Bonchev–Trinajstić information content (AvgIpc) is 2.09. The summed E-state index contributed by atoms with van der Waals surface area (Å²) in [6, 6.07) is 0. The molecule has 1 aliphatic carbocycles. The lowest BCUT2D eigenvalue weighted by molar-refractivity contribution is -0.151. The van der Waals surface area contributed by atoms with Crippen molar-refractivity contribution in [3.05, 3.63) is 12.2 Å². The molecule has 1 N–H and O–H groups in total. The van der Waals surface area contributed by atoms with E-state index in [1.165, 1.54) is 14.0 Å². The Morgan fingerprint density at radius 1 is 1.62 bits per heavy atom. The molecule has 13 heavy (non-hydrogen) atoms. The summed E-state index contributed by atoms with van der Waals surface area (Å²) in [5.41, 5.74) is -0.227. The zero-order chi connectivity index (χ0) is 10.1. The molecule has 1 saturated carbocycles. The number of hydrogen-bond acceptors (Lipinski definition) is 3. The largest absolute Gasteiger partial charge is 0.467 e. The summed E-state index contributed by atoms with van der Waals surface area (Å²) < 4.78 is 4.61. The topological polar surface area (TPSA) is 55.4 Å². The summed E-state index contributed by atoms with van der Waals surface area (Å²) in [5, 5.41) is 2.58. The summed E-state index contributed by atoms with van der Waals surface area (Å²) in [6.45, 7) is 5.09. The van der Waals surface area contributed by atoms with Crippen LogP contribution in [0.15, 0.2) is 12.2 Å². The van der Waals surface area contributed by atoms with Gasteiger partial charge in [-0.05, 0) is 18.4 Å². The number of esters is 1. The van der Waals surface area contributed by atoms with E-state index in [4.69, 9.17) is 0 Å². The Morgan fingerprint density at radius 2 is 2.23 bits per heavy atom. The molecule has 1 unspecified atom stereocenters. The maximum absolute atomic E-state index is 11.4. The number of methoxy groups -OCH3 is 1. The van der Waals surface area contributed by atoms with Crippen LogP contribution in [0.1, 0.15) is 19.8 Å². The third kappa shape index (κ3) is 1.43. The van der Waals surface area contributed by atoms with Gasteiger partial charge in [0.15, 0.2) is 5.54 Å². The molecule has 0 spiro atoms. The monoisotopic (exact) mass is 183 g/mol. The molecule has 1 atom stereocenters. The van der Waals surface area contributed by atoms with Crippen LogP contribution in [-0.2, 0) is 14.3 Å². The maximum Gasteiger partial charge on any atom is 0.335 e. The molecule has 1 amide bonds. The lowest BCUT2D eigenvalue weighted by Gasteiger charge is -2.41. The van der Waals surface area contributed by atoms with E-state index in [1.807, 2.05) is 0 Å². The molecule has 0 aromatic rings. The molecule has 0 heterocycles. The number of nitrogens with one attached hydrogen (secondary N) is 1. The fourth-order valence-corrected chi connectivity index (χ4v) is 1.47. The van der Waals surface area contributed by atoms with Crippen LogP contribution >= 0.6 is 0 Å². The average molecular weight is 183 g/mol. The van der Waals surface area contributed by atoms with Gasteiger partial charge in [-0.15, -0.1) is 0 Å². The Balaban J connectivity index is 2.82. The van der Waals surface area contributed by atoms with Crippen LogP contribution in [-0.4, -0.2) is 24.5 Å². The molecule has 1 fully saturated rings. The lowest BCUT2D eigenvalue weighted by atomic mass is 9.72. The van der Waals surface area contributed by atoms with Crippen molar-refractivity contribution in [3.8, 4) is 0 Å². The van der Waals surface area contributed by atoms with Gasteiger partial charge in [0.25, 0.3) is 0 Å². The second-order valence-corrected chi connectivity index (χ2v) is 3.18. The van der Waals surface area contributed by atoms with Crippen molar-refractivity contribution < 1.29 is 14.3 Å². The Kier molecular flexibility index (Phi) is 2.40. The minimum Gasteiger partial charge on any atom is -0.467 e. The number of carbonyl (C=O) groups is 2. The Bertz CT molecular complexity index is 272. The van der Waals surface area contributed by atoms with Gasteiger partial charge in [0.05, 0.1) is 7.11 Å². The van der Waals surface area contributed by atoms with E-state index in [1.54, 1.807) is 0 Å². The Hall–Kier alpha value is -1.32. The first kappa shape index (κ1) is 9.77. The third-order valence-corrected chi connectivity index (χ3v) is 2.33. The van der Waals surface area contributed by atoms with Crippen LogP contribution in [0.5, 0.6) is 0 Å². The number of amides is 1. The minimum atomic E-state index is -0.944. The van der Waals surface area contributed by atoms with Gasteiger partial charge in [-0.3, -0.25) is 4.79 Å². The first-order valence-corrected chi connectivity index (χ1v) is 4.08. The van der Waals surface area contributed by atoms with E-state index in [0.29, 0.717) is 6.42 Å². The van der Waals surface area contributed by atoms with Gasteiger partial charge in [0.1, 0.15) is 0 Å². The van der Waals surface area contributed by atoms with Gasteiger partial charge in [-0.25, -0.2) is 4.79 Å². The molecule has 0 saturated heterocycles. The van der Waals surface area contributed by atoms with Crippen LogP contribution in [0.25, 0.3) is 0 Å². The van der Waals surface area contributed by atoms with E-state index in [2.05, 4.69) is 16.6 Å². The second kappa shape index (κ2) is 3.20. The molecule has 0 aromatic heterocycles. The Morgan fingerprint density at radius 3 is 2.46 bits per heavy atom. The standard InChI is InChI=1S/C9H13NO3/c1-6-4-5-9(6,8(12)13-3)10-7(2)11/h1,4-5H2,2-3H3,(H,10,11). The molecule has 0 aliphatic heterocycles. The van der Waals surface area contributed by atoms with Crippen molar-refractivity contribution in [1.29, 1.82) is 0 Å². The van der Waals surface area contributed by atoms with E-state index in [-0.39, 0.29) is 5.91 Å². The number of ether oxygens (including phenoxy) is 1. The zero-order valence-corrected chi connectivity index (χ0v) is 7.85. The highest BCUT2D eigenvalue weighted by molar-refractivity contribution is 5.92. The predicted molar refractivity (Wildman–Crippen MR) is 46.9 cm³/mol. The quantitative estimate of drug-likeness (QED) is 0.497. The highest BCUT2D eigenvalue weighted by Gasteiger charge is 2.49. The summed E-state index contributed by atoms with van der Waals surface area (Å²) in [4.78, 5) is 22.2. The van der Waals surface area contributed by atoms with Gasteiger partial charge in [-0.2, -0.15) is 0 Å². The van der Waals surface area contributed by atoms with Crippen molar-refractivity contribution in [1.82, 2.24) is 5.32 Å². The maximum atomic E-state index is 11.4. The van der Waals surface area contributed by atoms with E-state index < -0.39 is 11.5 Å². The summed E-state index contributed by atoms with van der Waals surface area (Å²) in [7, 11) is 1.30. The van der Waals surface area contributed by atoms with Crippen molar-refractivity contribution in [2.45, 2.75) is 25.3 Å². The molecule has 1 rings (SSSR count). The van der Waals surface area contributed by atoms with E-state index in [9.17, 15) is 9.59 Å². The third-order valence-electron chi connectivity index (χ3n) is 2.33. The normalized spacial score (nSPS) is 26.2. The van der Waals surface area contributed by atoms with Crippen LogP contribution in [0.4, 0.5) is 0 Å². The molecule has 1 aliphatic rings. The van der Waals surface area contributed by atoms with Crippen LogP contribution < -0.4 is 5.32 Å². The van der Waals surface area contributed by atoms with Crippen LogP contribution in [0.3, 0.4) is 0 Å². The highest BCUT2D eigenvalue weighted by atomic mass is 16.5. The molecule has 4 nitrogen and oxygen atoms in total. The number of rotatable bonds is 2. The zero-order valence-electron chi connectivity index (χ0n) is 7.85. The Labute approximate surface area is 76.9 Å². The van der Waals surface area contributed by atoms with Gasteiger partial charge in [-0.1, -0.05) is 6.58 Å².